The van der Waals surface area contributed by atoms with Gasteiger partial charge in [-0.25, -0.2) is 0 Å². The Morgan fingerprint density at radius 2 is 2.10 bits per heavy atom. The summed E-state index contributed by atoms with van der Waals surface area (Å²) in [6, 6.07) is 9.89. The maximum absolute atomic E-state index is 6.04. The van der Waals surface area contributed by atoms with Gasteiger partial charge in [-0.2, -0.15) is 0 Å². The highest BCUT2D eigenvalue weighted by Crippen LogP contribution is 2.30. The fourth-order valence-electron chi connectivity index (χ4n) is 2.07. The number of hydrogen-bond donors (Lipinski definition) is 2. The predicted octanol–water partition coefficient (Wildman–Crippen LogP) is 3.59. The number of aromatic nitrogens is 2. The number of halogens is 1. The number of rotatable bonds is 3. The van der Waals surface area contributed by atoms with Crippen LogP contribution in [0.25, 0.3) is 10.9 Å². The van der Waals surface area contributed by atoms with Crippen LogP contribution in [-0.4, -0.2) is 9.97 Å². The molecule has 0 bridgehead atoms. The van der Waals surface area contributed by atoms with E-state index in [0.717, 1.165) is 26.6 Å². The molecule has 0 spiro atoms. The SMILES string of the molecule is Nc1cnc2ccc(Br)cc2c1NCc1cccnc1. The first-order chi connectivity index (χ1) is 9.74. The molecule has 3 N–H and O–H groups in total. The van der Waals surface area contributed by atoms with Crippen LogP contribution in [0.3, 0.4) is 0 Å². The smallest absolute Gasteiger partial charge is 0.0743 e. The van der Waals surface area contributed by atoms with Crippen molar-refractivity contribution in [2.45, 2.75) is 6.54 Å². The first-order valence-electron chi connectivity index (χ1n) is 6.20. The molecule has 0 atom stereocenters. The second-order valence-corrected chi connectivity index (χ2v) is 5.38. The highest BCUT2D eigenvalue weighted by atomic mass is 79.9. The third kappa shape index (κ3) is 2.58. The average molecular weight is 329 g/mol. The standard InChI is InChI=1S/C15H13BrN4/c16-11-3-4-14-12(6-11)15(13(17)9-19-14)20-8-10-2-1-5-18-7-10/h1-7,9H,8,17H2,(H,19,20). The maximum atomic E-state index is 6.04. The fraction of sp³-hybridized carbons (Fsp3) is 0.0667. The quantitative estimate of drug-likeness (QED) is 0.771. The molecule has 20 heavy (non-hydrogen) atoms. The Morgan fingerprint density at radius 3 is 2.90 bits per heavy atom. The van der Waals surface area contributed by atoms with Crippen molar-refractivity contribution in [3.8, 4) is 0 Å². The summed E-state index contributed by atoms with van der Waals surface area (Å²) in [5, 5.41) is 4.38. The molecule has 0 amide bonds. The molecular formula is C15H13BrN4. The molecule has 2 aromatic heterocycles. The lowest BCUT2D eigenvalue weighted by Crippen LogP contribution is -2.04. The molecule has 0 aliphatic rings. The summed E-state index contributed by atoms with van der Waals surface area (Å²) in [6.07, 6.45) is 5.28. The zero-order valence-corrected chi connectivity index (χ0v) is 12.3. The lowest BCUT2D eigenvalue weighted by Gasteiger charge is -2.12. The van der Waals surface area contributed by atoms with E-state index in [1.54, 1.807) is 12.4 Å². The van der Waals surface area contributed by atoms with E-state index < -0.39 is 0 Å². The van der Waals surface area contributed by atoms with Gasteiger partial charge in [-0.15, -0.1) is 0 Å². The molecular weight excluding hydrogens is 316 g/mol. The highest BCUT2D eigenvalue weighted by Gasteiger charge is 2.07. The Bertz CT molecular complexity index is 738. The second kappa shape index (κ2) is 5.46. The Morgan fingerprint density at radius 1 is 1.20 bits per heavy atom. The van der Waals surface area contributed by atoms with Crippen LogP contribution < -0.4 is 11.1 Å². The third-order valence-electron chi connectivity index (χ3n) is 3.05. The van der Waals surface area contributed by atoms with Crippen molar-refractivity contribution in [2.24, 2.45) is 0 Å². The summed E-state index contributed by atoms with van der Waals surface area (Å²) in [7, 11) is 0. The van der Waals surface area contributed by atoms with Crippen molar-refractivity contribution >= 4 is 38.2 Å². The Balaban J connectivity index is 1.97. The van der Waals surface area contributed by atoms with Crippen LogP contribution in [0.2, 0.25) is 0 Å². The van der Waals surface area contributed by atoms with E-state index in [4.69, 9.17) is 5.73 Å². The topological polar surface area (TPSA) is 63.8 Å². The van der Waals surface area contributed by atoms with Crippen molar-refractivity contribution in [3.05, 3.63) is 59.0 Å². The fourth-order valence-corrected chi connectivity index (χ4v) is 2.43. The zero-order valence-electron chi connectivity index (χ0n) is 10.7. The molecule has 0 unspecified atom stereocenters. The van der Waals surface area contributed by atoms with Gasteiger partial charge in [0.1, 0.15) is 0 Å². The molecule has 0 radical (unpaired) electrons. The lowest BCUT2D eigenvalue weighted by atomic mass is 10.1. The van der Waals surface area contributed by atoms with Gasteiger partial charge >= 0.3 is 0 Å². The zero-order chi connectivity index (χ0) is 13.9. The minimum Gasteiger partial charge on any atom is -0.396 e. The summed E-state index contributed by atoms with van der Waals surface area (Å²) < 4.78 is 1.00. The van der Waals surface area contributed by atoms with Crippen molar-refractivity contribution in [3.63, 3.8) is 0 Å². The van der Waals surface area contributed by atoms with E-state index in [1.807, 2.05) is 36.5 Å². The summed E-state index contributed by atoms with van der Waals surface area (Å²) >= 11 is 3.48. The molecule has 0 aliphatic heterocycles. The van der Waals surface area contributed by atoms with Crippen molar-refractivity contribution < 1.29 is 0 Å². The van der Waals surface area contributed by atoms with Gasteiger partial charge in [-0.3, -0.25) is 9.97 Å². The molecule has 0 fully saturated rings. The van der Waals surface area contributed by atoms with Crippen molar-refractivity contribution in [1.82, 2.24) is 9.97 Å². The lowest BCUT2D eigenvalue weighted by molar-refractivity contribution is 1.12. The molecule has 0 aliphatic carbocycles. The van der Waals surface area contributed by atoms with Gasteiger partial charge in [0.15, 0.2) is 0 Å². The van der Waals surface area contributed by atoms with E-state index in [2.05, 4.69) is 31.2 Å². The van der Waals surface area contributed by atoms with Gasteiger partial charge in [-0.1, -0.05) is 22.0 Å². The Labute approximate surface area is 125 Å². The highest BCUT2D eigenvalue weighted by molar-refractivity contribution is 9.10. The first-order valence-corrected chi connectivity index (χ1v) is 7.00. The van der Waals surface area contributed by atoms with Crippen LogP contribution >= 0.6 is 15.9 Å². The summed E-state index contributed by atoms with van der Waals surface area (Å²) in [5.41, 5.74) is 9.60. The van der Waals surface area contributed by atoms with E-state index >= 15 is 0 Å². The number of nitrogens with zero attached hydrogens (tertiary/aromatic N) is 2. The average Bonchev–Trinajstić information content (AvgIpc) is 2.47. The Hall–Kier alpha value is -2.14. The molecule has 2 heterocycles. The van der Waals surface area contributed by atoms with Crippen LogP contribution in [0.1, 0.15) is 5.56 Å². The molecule has 3 aromatic rings. The van der Waals surface area contributed by atoms with E-state index in [9.17, 15) is 0 Å². The van der Waals surface area contributed by atoms with Gasteiger partial charge in [0, 0.05) is 28.8 Å². The number of nitrogens with one attached hydrogen (secondary N) is 1. The minimum atomic E-state index is 0.638. The van der Waals surface area contributed by atoms with Crippen LogP contribution in [0.4, 0.5) is 11.4 Å². The van der Waals surface area contributed by atoms with Crippen molar-refractivity contribution in [1.29, 1.82) is 0 Å². The number of pyridine rings is 2. The van der Waals surface area contributed by atoms with Crippen LogP contribution in [0.15, 0.2) is 53.4 Å². The first kappa shape index (κ1) is 12.9. The molecule has 3 rings (SSSR count). The van der Waals surface area contributed by atoms with E-state index in [-0.39, 0.29) is 0 Å². The number of benzene rings is 1. The Kier molecular flexibility index (Phi) is 3.52. The number of nitrogen functional groups attached to an aromatic ring is 1. The van der Waals surface area contributed by atoms with Gasteiger partial charge in [0.2, 0.25) is 0 Å². The van der Waals surface area contributed by atoms with Gasteiger partial charge in [0.05, 0.1) is 23.1 Å². The maximum Gasteiger partial charge on any atom is 0.0743 e. The molecule has 0 saturated heterocycles. The van der Waals surface area contributed by atoms with Gasteiger partial charge in [0.25, 0.3) is 0 Å². The van der Waals surface area contributed by atoms with E-state index in [1.165, 1.54) is 0 Å². The minimum absolute atomic E-state index is 0.638. The van der Waals surface area contributed by atoms with Crippen LogP contribution in [-0.2, 0) is 6.54 Å². The number of fused-ring (bicyclic) bond motifs is 1. The normalized spacial score (nSPS) is 10.7. The number of hydrogen-bond acceptors (Lipinski definition) is 4. The predicted molar refractivity (Wildman–Crippen MR) is 85.4 cm³/mol. The molecule has 1 aromatic carbocycles. The van der Waals surface area contributed by atoms with E-state index in [0.29, 0.717) is 12.2 Å². The monoisotopic (exact) mass is 328 g/mol. The van der Waals surface area contributed by atoms with Crippen molar-refractivity contribution in [2.75, 3.05) is 11.1 Å². The summed E-state index contributed by atoms with van der Waals surface area (Å²) in [5.74, 6) is 0. The summed E-state index contributed by atoms with van der Waals surface area (Å²) in [4.78, 5) is 8.44. The van der Waals surface area contributed by atoms with Gasteiger partial charge in [-0.05, 0) is 29.8 Å². The van der Waals surface area contributed by atoms with Crippen LogP contribution in [0, 0.1) is 0 Å². The molecule has 4 nitrogen and oxygen atoms in total. The number of anilines is 2. The molecule has 100 valence electrons. The van der Waals surface area contributed by atoms with Crippen LogP contribution in [0.5, 0.6) is 0 Å². The summed E-state index contributed by atoms with van der Waals surface area (Å²) in [6.45, 7) is 0.670. The van der Waals surface area contributed by atoms with Gasteiger partial charge < -0.3 is 11.1 Å². The largest absolute Gasteiger partial charge is 0.396 e. The molecule has 0 saturated carbocycles. The second-order valence-electron chi connectivity index (χ2n) is 4.46. The third-order valence-corrected chi connectivity index (χ3v) is 3.54. The molecule has 5 heteroatoms. The number of nitrogens with two attached hydrogens (primary N) is 1.